The van der Waals surface area contributed by atoms with Gasteiger partial charge >= 0.3 is 0 Å². The van der Waals surface area contributed by atoms with E-state index in [0.717, 1.165) is 48.1 Å². The Bertz CT molecular complexity index is 783. The molecule has 4 nitrogen and oxygen atoms in total. The van der Waals surface area contributed by atoms with Gasteiger partial charge in [-0.15, -0.1) is 0 Å². The number of ether oxygens (including phenoxy) is 1. The molecule has 1 amide bonds. The van der Waals surface area contributed by atoms with Gasteiger partial charge in [0.25, 0.3) is 0 Å². The Morgan fingerprint density at radius 2 is 2.25 bits per heavy atom. The quantitative estimate of drug-likeness (QED) is 0.940. The van der Waals surface area contributed by atoms with E-state index in [1.807, 2.05) is 24.4 Å². The maximum atomic E-state index is 12.1. The summed E-state index contributed by atoms with van der Waals surface area (Å²) < 4.78 is 6.14. The van der Waals surface area contributed by atoms with Crippen LogP contribution in [0.4, 0.5) is 0 Å². The third kappa shape index (κ3) is 2.92. The van der Waals surface area contributed by atoms with Crippen LogP contribution in [0.1, 0.15) is 24.8 Å². The van der Waals surface area contributed by atoms with Crippen molar-refractivity contribution in [3.8, 4) is 16.9 Å². The number of carbonyl (C=O) groups excluding carboxylic acids is 1. The molecule has 0 bridgehead atoms. The maximum Gasteiger partial charge on any atom is 0.247 e. The number of amides is 1. The summed E-state index contributed by atoms with van der Waals surface area (Å²) in [6, 6.07) is 10.2. The minimum Gasteiger partial charge on any atom is -0.487 e. The van der Waals surface area contributed by atoms with Gasteiger partial charge in [0.15, 0.2) is 0 Å². The van der Waals surface area contributed by atoms with Crippen LogP contribution in [-0.2, 0) is 11.2 Å². The zero-order chi connectivity index (χ0) is 16.4. The van der Waals surface area contributed by atoms with Crippen molar-refractivity contribution in [2.75, 3.05) is 6.54 Å². The second-order valence-electron chi connectivity index (χ2n) is 6.31. The minimum atomic E-state index is -0.0104. The zero-order valence-corrected chi connectivity index (χ0v) is 13.5. The van der Waals surface area contributed by atoms with Crippen molar-refractivity contribution in [1.82, 2.24) is 10.3 Å². The number of carbonyl (C=O) groups is 1. The van der Waals surface area contributed by atoms with Crippen LogP contribution in [0.5, 0.6) is 5.75 Å². The number of rotatable bonds is 4. The summed E-state index contributed by atoms with van der Waals surface area (Å²) in [6.45, 7) is 0.539. The Morgan fingerprint density at radius 3 is 3.04 bits per heavy atom. The fourth-order valence-corrected chi connectivity index (χ4v) is 3.40. The van der Waals surface area contributed by atoms with Gasteiger partial charge in [-0.3, -0.25) is 9.78 Å². The lowest BCUT2D eigenvalue weighted by molar-refractivity contribution is -0.117. The van der Waals surface area contributed by atoms with Crippen LogP contribution in [0.2, 0.25) is 0 Å². The van der Waals surface area contributed by atoms with Crippen LogP contribution >= 0.6 is 0 Å². The molecule has 1 aliphatic heterocycles. The third-order valence-electron chi connectivity index (χ3n) is 4.62. The first kappa shape index (κ1) is 14.9. The highest BCUT2D eigenvalue weighted by Crippen LogP contribution is 2.38. The number of allylic oxidation sites excluding steroid dienone is 1. The van der Waals surface area contributed by atoms with E-state index in [2.05, 4.69) is 28.5 Å². The topological polar surface area (TPSA) is 51.2 Å². The Morgan fingerprint density at radius 1 is 1.29 bits per heavy atom. The van der Waals surface area contributed by atoms with Crippen LogP contribution in [0, 0.1) is 0 Å². The third-order valence-corrected chi connectivity index (χ3v) is 4.62. The van der Waals surface area contributed by atoms with Crippen molar-refractivity contribution in [2.24, 2.45) is 0 Å². The molecule has 1 aromatic carbocycles. The van der Waals surface area contributed by atoms with Crippen molar-refractivity contribution in [2.45, 2.75) is 31.8 Å². The molecule has 4 heteroatoms. The van der Waals surface area contributed by atoms with Crippen LogP contribution in [-0.4, -0.2) is 23.5 Å². The number of benzene rings is 1. The Labute approximate surface area is 141 Å². The van der Waals surface area contributed by atoms with Crippen LogP contribution in [0.25, 0.3) is 11.1 Å². The van der Waals surface area contributed by atoms with Gasteiger partial charge in [-0.2, -0.15) is 0 Å². The number of fused-ring (bicyclic) bond motifs is 1. The SMILES string of the molecule is O=C(NC[C@@H]1Cc2cccc(-c3cccnc3)c2O1)C1=CCCC1. The lowest BCUT2D eigenvalue weighted by Gasteiger charge is -2.14. The molecule has 0 saturated carbocycles. The van der Waals surface area contributed by atoms with Crippen LogP contribution < -0.4 is 10.1 Å². The summed E-state index contributed by atoms with van der Waals surface area (Å²) in [5.41, 5.74) is 4.22. The molecule has 0 spiro atoms. The first-order valence-corrected chi connectivity index (χ1v) is 8.47. The largest absolute Gasteiger partial charge is 0.487 e. The fourth-order valence-electron chi connectivity index (χ4n) is 3.40. The highest BCUT2D eigenvalue weighted by atomic mass is 16.5. The summed E-state index contributed by atoms with van der Waals surface area (Å²) in [5.74, 6) is 0.976. The lowest BCUT2D eigenvalue weighted by Crippen LogP contribution is -2.35. The molecular weight excluding hydrogens is 300 g/mol. The average Bonchev–Trinajstić information content (AvgIpc) is 3.29. The minimum absolute atomic E-state index is 0.0104. The molecule has 24 heavy (non-hydrogen) atoms. The predicted octanol–water partition coefficient (Wildman–Crippen LogP) is 3.28. The van der Waals surface area contributed by atoms with Crippen LogP contribution in [0.3, 0.4) is 0 Å². The van der Waals surface area contributed by atoms with E-state index in [4.69, 9.17) is 4.74 Å². The van der Waals surface area contributed by atoms with Gasteiger partial charge in [-0.1, -0.05) is 30.3 Å². The van der Waals surface area contributed by atoms with Crippen molar-refractivity contribution in [3.05, 3.63) is 59.9 Å². The number of nitrogens with zero attached hydrogens (tertiary/aromatic N) is 1. The molecule has 1 aliphatic carbocycles. The molecule has 2 heterocycles. The number of hydrogen-bond acceptors (Lipinski definition) is 3. The van der Waals surface area contributed by atoms with Gasteiger partial charge < -0.3 is 10.1 Å². The van der Waals surface area contributed by atoms with Gasteiger partial charge in [0, 0.05) is 35.5 Å². The maximum absolute atomic E-state index is 12.1. The summed E-state index contributed by atoms with van der Waals surface area (Å²) in [5, 5.41) is 3.02. The highest BCUT2D eigenvalue weighted by molar-refractivity contribution is 5.93. The molecule has 0 fully saturated rings. The van der Waals surface area contributed by atoms with Gasteiger partial charge in [-0.05, 0) is 30.9 Å². The Kier molecular flexibility index (Phi) is 4.03. The second kappa shape index (κ2) is 6.48. The zero-order valence-electron chi connectivity index (χ0n) is 13.5. The lowest BCUT2D eigenvalue weighted by atomic mass is 10.0. The van der Waals surface area contributed by atoms with Crippen molar-refractivity contribution in [1.29, 1.82) is 0 Å². The number of pyridine rings is 1. The van der Waals surface area contributed by atoms with Gasteiger partial charge in [0.05, 0.1) is 6.54 Å². The fraction of sp³-hybridized carbons (Fsp3) is 0.300. The monoisotopic (exact) mass is 320 g/mol. The van der Waals surface area contributed by atoms with Gasteiger partial charge in [0.2, 0.25) is 5.91 Å². The highest BCUT2D eigenvalue weighted by Gasteiger charge is 2.26. The van der Waals surface area contributed by atoms with E-state index >= 15 is 0 Å². The Balaban J connectivity index is 1.45. The molecule has 2 aromatic rings. The van der Waals surface area contributed by atoms with E-state index in [1.54, 1.807) is 6.20 Å². The molecule has 0 saturated heterocycles. The first-order chi connectivity index (χ1) is 11.8. The molecule has 2 aliphatic rings. The van der Waals surface area contributed by atoms with Gasteiger partial charge in [0.1, 0.15) is 11.9 Å². The van der Waals surface area contributed by atoms with E-state index < -0.39 is 0 Å². The molecular formula is C20H20N2O2. The number of nitrogens with one attached hydrogen (secondary N) is 1. The molecule has 0 unspecified atom stereocenters. The Hall–Kier alpha value is -2.62. The first-order valence-electron chi connectivity index (χ1n) is 8.47. The normalized spacial score (nSPS) is 18.7. The van der Waals surface area contributed by atoms with Gasteiger partial charge in [-0.25, -0.2) is 0 Å². The molecule has 1 N–H and O–H groups in total. The second-order valence-corrected chi connectivity index (χ2v) is 6.31. The number of para-hydroxylation sites is 1. The van der Waals surface area contributed by atoms with Crippen molar-refractivity contribution < 1.29 is 9.53 Å². The average molecular weight is 320 g/mol. The summed E-state index contributed by atoms with van der Waals surface area (Å²) >= 11 is 0. The van der Waals surface area contributed by atoms with Crippen LogP contribution in [0.15, 0.2) is 54.4 Å². The predicted molar refractivity (Wildman–Crippen MR) is 92.7 cm³/mol. The number of aromatic nitrogens is 1. The van der Waals surface area contributed by atoms with E-state index in [-0.39, 0.29) is 12.0 Å². The van der Waals surface area contributed by atoms with Crippen molar-refractivity contribution >= 4 is 5.91 Å². The van der Waals surface area contributed by atoms with E-state index in [0.29, 0.717) is 6.54 Å². The summed E-state index contributed by atoms with van der Waals surface area (Å²) in [6.07, 6.45) is 9.46. The molecule has 1 atom stereocenters. The molecule has 4 rings (SSSR count). The summed E-state index contributed by atoms with van der Waals surface area (Å²) in [7, 11) is 0. The summed E-state index contributed by atoms with van der Waals surface area (Å²) in [4.78, 5) is 16.3. The molecule has 1 aromatic heterocycles. The van der Waals surface area contributed by atoms with E-state index in [1.165, 1.54) is 5.56 Å². The molecule has 122 valence electrons. The van der Waals surface area contributed by atoms with Crippen molar-refractivity contribution in [3.63, 3.8) is 0 Å². The number of hydrogen-bond donors (Lipinski definition) is 1. The standard InChI is InChI=1S/C20H20N2O2/c23-20(14-5-1-2-6-14)22-13-17-11-15-7-3-9-18(19(15)24-17)16-8-4-10-21-12-16/h3-5,7-10,12,17H,1-2,6,11,13H2,(H,22,23)/t17-/m0/s1. The van der Waals surface area contributed by atoms with E-state index in [9.17, 15) is 4.79 Å². The molecule has 0 radical (unpaired) electrons. The smallest absolute Gasteiger partial charge is 0.247 e.